The van der Waals surface area contributed by atoms with E-state index in [4.69, 9.17) is 16.3 Å². The summed E-state index contributed by atoms with van der Waals surface area (Å²) < 4.78 is 35.1. The number of ether oxygens (including phenoxy) is 1. The van der Waals surface area contributed by atoms with Crippen molar-refractivity contribution in [2.24, 2.45) is 0 Å². The van der Waals surface area contributed by atoms with Crippen LogP contribution in [0, 0.1) is 11.6 Å². The number of hydrogen-bond acceptors (Lipinski definition) is 5. The van der Waals surface area contributed by atoms with Crippen molar-refractivity contribution in [3.8, 4) is 17.3 Å². The Bertz CT molecular complexity index is 1190. The van der Waals surface area contributed by atoms with E-state index in [0.717, 1.165) is 12.1 Å². The summed E-state index contributed by atoms with van der Waals surface area (Å²) in [5.74, 6) is -1.98. The highest BCUT2D eigenvalue weighted by Crippen LogP contribution is 2.29. The SMILES string of the molecule is COCc1cc(Cl)nc(-c2c3ccccc3nn2Cc2c(F)cc(O)cc2F)n1. The average Bonchev–Trinajstić information content (AvgIpc) is 3.02. The first-order chi connectivity index (χ1) is 14.0. The van der Waals surface area contributed by atoms with Crippen molar-refractivity contribution in [1.82, 2.24) is 19.7 Å². The van der Waals surface area contributed by atoms with Crippen LogP contribution in [0.3, 0.4) is 0 Å². The van der Waals surface area contributed by atoms with Crippen molar-refractivity contribution in [2.75, 3.05) is 7.11 Å². The van der Waals surface area contributed by atoms with Gasteiger partial charge in [0.1, 0.15) is 28.2 Å². The van der Waals surface area contributed by atoms with E-state index in [1.165, 1.54) is 11.8 Å². The molecule has 4 aromatic rings. The Balaban J connectivity index is 1.91. The van der Waals surface area contributed by atoms with Crippen LogP contribution in [0.1, 0.15) is 11.3 Å². The highest BCUT2D eigenvalue weighted by Gasteiger charge is 2.20. The second kappa shape index (κ2) is 7.73. The molecule has 0 aliphatic rings. The molecule has 0 unspecified atom stereocenters. The Hall–Kier alpha value is -3.10. The molecule has 148 valence electrons. The lowest BCUT2D eigenvalue weighted by atomic mass is 10.1. The van der Waals surface area contributed by atoms with E-state index in [0.29, 0.717) is 22.3 Å². The molecule has 2 heterocycles. The van der Waals surface area contributed by atoms with Crippen LogP contribution in [0.5, 0.6) is 5.75 Å². The van der Waals surface area contributed by atoms with E-state index < -0.39 is 17.4 Å². The third-order valence-electron chi connectivity index (χ3n) is 4.33. The topological polar surface area (TPSA) is 73.1 Å². The highest BCUT2D eigenvalue weighted by molar-refractivity contribution is 6.29. The minimum Gasteiger partial charge on any atom is -0.508 e. The lowest BCUT2D eigenvalue weighted by Crippen LogP contribution is -2.09. The molecule has 6 nitrogen and oxygen atoms in total. The number of fused-ring (bicyclic) bond motifs is 1. The molecule has 2 aromatic heterocycles. The second-order valence-electron chi connectivity index (χ2n) is 6.35. The number of methoxy groups -OCH3 is 1. The van der Waals surface area contributed by atoms with Gasteiger partial charge in [-0.05, 0) is 12.1 Å². The fourth-order valence-corrected chi connectivity index (χ4v) is 3.32. The summed E-state index contributed by atoms with van der Waals surface area (Å²) >= 11 is 6.15. The van der Waals surface area contributed by atoms with Crippen LogP contribution < -0.4 is 0 Å². The van der Waals surface area contributed by atoms with Crippen LogP contribution in [-0.2, 0) is 17.9 Å². The molecular formula is C20H15ClF2N4O2. The van der Waals surface area contributed by atoms with Crippen LogP contribution in [-0.4, -0.2) is 32.0 Å². The average molecular weight is 417 g/mol. The Morgan fingerprint density at radius 3 is 2.55 bits per heavy atom. The van der Waals surface area contributed by atoms with Gasteiger partial charge in [-0.1, -0.05) is 29.8 Å². The predicted molar refractivity (Wildman–Crippen MR) is 104 cm³/mol. The molecule has 0 fully saturated rings. The van der Waals surface area contributed by atoms with Crippen LogP contribution in [0.15, 0.2) is 42.5 Å². The number of halogens is 3. The molecule has 0 aliphatic carbocycles. The van der Waals surface area contributed by atoms with Crippen LogP contribution in [0.25, 0.3) is 22.4 Å². The van der Waals surface area contributed by atoms with Gasteiger partial charge >= 0.3 is 0 Å². The first-order valence-corrected chi connectivity index (χ1v) is 8.99. The number of phenolic OH excluding ortho intramolecular Hbond substituents is 1. The van der Waals surface area contributed by atoms with E-state index in [9.17, 15) is 13.9 Å². The molecule has 2 aromatic carbocycles. The van der Waals surface area contributed by atoms with Crippen molar-refractivity contribution in [3.05, 3.63) is 70.5 Å². The molecular weight excluding hydrogens is 402 g/mol. The first kappa shape index (κ1) is 19.2. The Morgan fingerprint density at radius 2 is 1.83 bits per heavy atom. The van der Waals surface area contributed by atoms with Gasteiger partial charge in [-0.25, -0.2) is 18.7 Å². The third kappa shape index (κ3) is 3.76. The Labute approximate surface area is 169 Å². The van der Waals surface area contributed by atoms with Gasteiger partial charge in [-0.3, -0.25) is 4.68 Å². The summed E-state index contributed by atoms with van der Waals surface area (Å²) in [4.78, 5) is 8.75. The molecule has 9 heteroatoms. The van der Waals surface area contributed by atoms with Crippen molar-refractivity contribution < 1.29 is 18.6 Å². The van der Waals surface area contributed by atoms with Gasteiger partial charge in [0.2, 0.25) is 0 Å². The van der Waals surface area contributed by atoms with Gasteiger partial charge in [0, 0.05) is 30.2 Å². The predicted octanol–water partition coefficient (Wildman–Crippen LogP) is 4.33. The van der Waals surface area contributed by atoms with E-state index >= 15 is 0 Å². The zero-order valence-electron chi connectivity index (χ0n) is 15.2. The monoisotopic (exact) mass is 416 g/mol. The van der Waals surface area contributed by atoms with Crippen molar-refractivity contribution in [3.63, 3.8) is 0 Å². The fraction of sp³-hybridized carbons (Fsp3) is 0.150. The maximum Gasteiger partial charge on any atom is 0.180 e. The summed E-state index contributed by atoms with van der Waals surface area (Å²) in [5.41, 5.74) is 1.39. The number of aromatic nitrogens is 4. The second-order valence-corrected chi connectivity index (χ2v) is 6.74. The van der Waals surface area contributed by atoms with E-state index in [1.54, 1.807) is 18.2 Å². The zero-order valence-corrected chi connectivity index (χ0v) is 16.0. The summed E-state index contributed by atoms with van der Waals surface area (Å²) in [5, 5.41) is 14.8. The molecule has 29 heavy (non-hydrogen) atoms. The molecule has 0 spiro atoms. The normalized spacial score (nSPS) is 11.3. The van der Waals surface area contributed by atoms with Crippen molar-refractivity contribution >= 4 is 22.5 Å². The summed E-state index contributed by atoms with van der Waals surface area (Å²) in [6, 6.07) is 10.5. The fourth-order valence-electron chi connectivity index (χ4n) is 3.11. The molecule has 1 N–H and O–H groups in total. The standard InChI is InChI=1S/C20H15ClF2N4O2/c1-29-10-11-6-18(21)25-20(24-11)19-13-4-2-3-5-17(13)26-27(19)9-14-15(22)7-12(28)8-16(14)23/h2-8,28H,9-10H2,1H3. The number of nitrogens with zero attached hydrogens (tertiary/aromatic N) is 4. The van der Waals surface area contributed by atoms with Crippen LogP contribution >= 0.6 is 11.6 Å². The highest BCUT2D eigenvalue weighted by atomic mass is 35.5. The van der Waals surface area contributed by atoms with Gasteiger partial charge in [0.25, 0.3) is 0 Å². The first-order valence-electron chi connectivity index (χ1n) is 8.61. The van der Waals surface area contributed by atoms with Crippen molar-refractivity contribution in [1.29, 1.82) is 0 Å². The maximum absolute atomic E-state index is 14.3. The molecule has 0 aliphatic heterocycles. The quantitative estimate of drug-likeness (QED) is 0.490. The van der Waals surface area contributed by atoms with Gasteiger partial charge < -0.3 is 9.84 Å². The summed E-state index contributed by atoms with van der Waals surface area (Å²) in [6.45, 7) is -0.0000272. The zero-order chi connectivity index (χ0) is 20.5. The molecule has 4 rings (SSSR count). The van der Waals surface area contributed by atoms with Gasteiger partial charge in [0.05, 0.1) is 24.4 Å². The van der Waals surface area contributed by atoms with E-state index in [1.807, 2.05) is 12.1 Å². The third-order valence-corrected chi connectivity index (χ3v) is 4.52. The molecule has 0 amide bonds. The molecule has 0 bridgehead atoms. The number of hydrogen-bond donors (Lipinski definition) is 1. The summed E-state index contributed by atoms with van der Waals surface area (Å²) in [6.07, 6.45) is 0. The number of phenols is 1. The van der Waals surface area contributed by atoms with Gasteiger partial charge in [-0.2, -0.15) is 5.10 Å². The maximum atomic E-state index is 14.3. The smallest absolute Gasteiger partial charge is 0.180 e. The molecule has 0 saturated heterocycles. The van der Waals surface area contributed by atoms with Gasteiger partial charge in [-0.15, -0.1) is 0 Å². The Kier molecular flexibility index (Phi) is 5.12. The Morgan fingerprint density at radius 1 is 1.10 bits per heavy atom. The summed E-state index contributed by atoms with van der Waals surface area (Å²) in [7, 11) is 1.53. The van der Waals surface area contributed by atoms with Crippen LogP contribution in [0.2, 0.25) is 5.15 Å². The lowest BCUT2D eigenvalue weighted by Gasteiger charge is -2.10. The van der Waals surface area contributed by atoms with E-state index in [-0.39, 0.29) is 29.7 Å². The minimum atomic E-state index is -0.875. The van der Waals surface area contributed by atoms with Gasteiger partial charge in [0.15, 0.2) is 5.82 Å². The lowest BCUT2D eigenvalue weighted by molar-refractivity contribution is 0.181. The molecule has 0 atom stereocenters. The minimum absolute atomic E-state index is 0.209. The molecule has 0 radical (unpaired) electrons. The van der Waals surface area contributed by atoms with Crippen molar-refractivity contribution in [2.45, 2.75) is 13.2 Å². The van der Waals surface area contributed by atoms with Crippen LogP contribution in [0.4, 0.5) is 8.78 Å². The van der Waals surface area contributed by atoms with E-state index in [2.05, 4.69) is 15.1 Å². The number of aromatic hydroxyl groups is 1. The number of benzene rings is 2. The largest absolute Gasteiger partial charge is 0.508 e. The molecule has 0 saturated carbocycles. The number of rotatable bonds is 5.